The van der Waals surface area contributed by atoms with Crippen LogP contribution in [0.3, 0.4) is 0 Å². The van der Waals surface area contributed by atoms with Gasteiger partial charge in [0.05, 0.1) is 21.3 Å². The number of hydrogen-bond donors (Lipinski definition) is 1. The van der Waals surface area contributed by atoms with Gasteiger partial charge in [0.2, 0.25) is 5.91 Å². The largest absolute Gasteiger partial charge is 0.497 e. The number of nitrogens with one attached hydrogen (secondary N) is 1. The van der Waals surface area contributed by atoms with E-state index in [1.54, 1.807) is 38.5 Å². The van der Waals surface area contributed by atoms with E-state index in [1.807, 2.05) is 0 Å². The van der Waals surface area contributed by atoms with Crippen molar-refractivity contribution in [3.05, 3.63) is 30.0 Å². The van der Waals surface area contributed by atoms with Crippen molar-refractivity contribution in [1.29, 1.82) is 0 Å². The molecule has 1 heterocycles. The highest BCUT2D eigenvalue weighted by molar-refractivity contribution is 5.91. The van der Waals surface area contributed by atoms with E-state index < -0.39 is 0 Å². The SMILES string of the molecule is COc1cc(NC(=O)CCc2cc(OC)no2)cc(OC)c1. The van der Waals surface area contributed by atoms with Gasteiger partial charge in [-0.3, -0.25) is 4.79 Å². The van der Waals surface area contributed by atoms with Crippen LogP contribution in [0, 0.1) is 0 Å². The topological polar surface area (TPSA) is 82.8 Å². The van der Waals surface area contributed by atoms with Crippen LogP contribution in [0.2, 0.25) is 0 Å². The molecule has 7 nitrogen and oxygen atoms in total. The molecule has 2 rings (SSSR count). The predicted octanol–water partition coefficient (Wildman–Crippen LogP) is 2.27. The highest BCUT2D eigenvalue weighted by Crippen LogP contribution is 2.25. The van der Waals surface area contributed by atoms with Crippen LogP contribution in [0.25, 0.3) is 0 Å². The summed E-state index contributed by atoms with van der Waals surface area (Å²) >= 11 is 0. The fourth-order valence-corrected chi connectivity index (χ4v) is 1.85. The normalized spacial score (nSPS) is 10.1. The van der Waals surface area contributed by atoms with E-state index in [-0.39, 0.29) is 12.3 Å². The molecule has 0 aliphatic rings. The van der Waals surface area contributed by atoms with Crippen molar-refractivity contribution in [2.45, 2.75) is 12.8 Å². The summed E-state index contributed by atoms with van der Waals surface area (Å²) in [7, 11) is 4.61. The number of rotatable bonds is 7. The quantitative estimate of drug-likeness (QED) is 0.845. The lowest BCUT2D eigenvalue weighted by atomic mass is 10.2. The third-order valence-corrected chi connectivity index (χ3v) is 2.98. The Morgan fingerprint density at radius 1 is 1.09 bits per heavy atom. The molecule has 1 amide bonds. The number of carbonyl (C=O) groups is 1. The summed E-state index contributed by atoms with van der Waals surface area (Å²) in [6.07, 6.45) is 0.696. The number of benzene rings is 1. The Labute approximate surface area is 128 Å². The summed E-state index contributed by atoms with van der Waals surface area (Å²) in [4.78, 5) is 12.0. The first-order valence-corrected chi connectivity index (χ1v) is 6.67. The minimum atomic E-state index is -0.148. The highest BCUT2D eigenvalue weighted by Gasteiger charge is 2.09. The van der Waals surface area contributed by atoms with Crippen molar-refractivity contribution in [1.82, 2.24) is 5.16 Å². The Balaban J connectivity index is 1.93. The minimum Gasteiger partial charge on any atom is -0.497 e. The highest BCUT2D eigenvalue weighted by atomic mass is 16.5. The van der Waals surface area contributed by atoms with Crippen LogP contribution >= 0.6 is 0 Å². The molecule has 0 bridgehead atoms. The van der Waals surface area contributed by atoms with E-state index >= 15 is 0 Å². The van der Waals surface area contributed by atoms with Crippen molar-refractivity contribution in [3.63, 3.8) is 0 Å². The van der Waals surface area contributed by atoms with Crippen LogP contribution in [0.1, 0.15) is 12.2 Å². The molecule has 0 fully saturated rings. The Morgan fingerprint density at radius 3 is 2.32 bits per heavy atom. The molecule has 1 aromatic carbocycles. The van der Waals surface area contributed by atoms with Crippen molar-refractivity contribution >= 4 is 11.6 Å². The fourth-order valence-electron chi connectivity index (χ4n) is 1.85. The lowest BCUT2D eigenvalue weighted by molar-refractivity contribution is -0.116. The molecular formula is C15H18N2O5. The average Bonchev–Trinajstić information content (AvgIpc) is 3.00. The van der Waals surface area contributed by atoms with Crippen LogP contribution < -0.4 is 19.5 Å². The number of hydrogen-bond acceptors (Lipinski definition) is 6. The molecule has 0 unspecified atom stereocenters. The number of amides is 1. The molecule has 7 heteroatoms. The zero-order chi connectivity index (χ0) is 15.9. The first-order chi connectivity index (χ1) is 10.6. The Bertz CT molecular complexity index is 616. The van der Waals surface area contributed by atoms with E-state index in [1.165, 1.54) is 7.11 Å². The molecule has 0 saturated heterocycles. The molecule has 1 N–H and O–H groups in total. The van der Waals surface area contributed by atoms with Crippen LogP contribution in [-0.2, 0) is 11.2 Å². The van der Waals surface area contributed by atoms with E-state index in [2.05, 4.69) is 10.5 Å². The summed E-state index contributed by atoms with van der Waals surface area (Å²) in [6.45, 7) is 0. The average molecular weight is 306 g/mol. The fraction of sp³-hybridized carbons (Fsp3) is 0.333. The van der Waals surface area contributed by atoms with E-state index in [4.69, 9.17) is 18.7 Å². The van der Waals surface area contributed by atoms with Gasteiger partial charge in [0, 0.05) is 42.8 Å². The number of carbonyl (C=O) groups excluding carboxylic acids is 1. The number of anilines is 1. The molecule has 2 aromatic rings. The third kappa shape index (κ3) is 4.15. The maximum Gasteiger partial charge on any atom is 0.254 e. The van der Waals surface area contributed by atoms with E-state index in [0.717, 1.165) is 0 Å². The number of aryl methyl sites for hydroxylation is 1. The molecule has 0 saturated carbocycles. The van der Waals surface area contributed by atoms with E-state index in [0.29, 0.717) is 35.2 Å². The lowest BCUT2D eigenvalue weighted by Gasteiger charge is -2.09. The first kappa shape index (κ1) is 15.7. The lowest BCUT2D eigenvalue weighted by Crippen LogP contribution is -2.12. The summed E-state index contributed by atoms with van der Waals surface area (Å²) < 4.78 is 20.3. The van der Waals surface area contributed by atoms with Gasteiger partial charge < -0.3 is 24.1 Å². The van der Waals surface area contributed by atoms with Gasteiger partial charge in [-0.25, -0.2) is 0 Å². The van der Waals surface area contributed by atoms with Crippen LogP contribution in [0.5, 0.6) is 17.4 Å². The van der Waals surface area contributed by atoms with Gasteiger partial charge in [0.1, 0.15) is 17.3 Å². The van der Waals surface area contributed by atoms with Crippen molar-refractivity contribution < 1.29 is 23.5 Å². The van der Waals surface area contributed by atoms with Crippen molar-refractivity contribution in [3.8, 4) is 17.4 Å². The van der Waals surface area contributed by atoms with Gasteiger partial charge in [-0.05, 0) is 5.16 Å². The molecule has 118 valence electrons. The monoisotopic (exact) mass is 306 g/mol. The minimum absolute atomic E-state index is 0.148. The van der Waals surface area contributed by atoms with Gasteiger partial charge in [-0.1, -0.05) is 0 Å². The zero-order valence-corrected chi connectivity index (χ0v) is 12.7. The number of nitrogens with zero attached hydrogens (tertiary/aromatic N) is 1. The summed E-state index contributed by atoms with van der Waals surface area (Å²) in [6, 6.07) is 6.83. The molecule has 22 heavy (non-hydrogen) atoms. The Hall–Kier alpha value is -2.70. The summed E-state index contributed by atoms with van der Waals surface area (Å²) in [5.74, 6) is 2.05. The number of aromatic nitrogens is 1. The standard InChI is InChI=1S/C15H18N2O5/c1-19-12-6-10(7-13(8-12)20-2)16-14(18)5-4-11-9-15(21-3)17-22-11/h6-9H,4-5H2,1-3H3,(H,16,18). The molecule has 0 spiro atoms. The van der Waals surface area contributed by atoms with Gasteiger partial charge in [0.15, 0.2) is 0 Å². The summed E-state index contributed by atoms with van der Waals surface area (Å²) in [5, 5.41) is 6.47. The summed E-state index contributed by atoms with van der Waals surface area (Å²) in [5.41, 5.74) is 0.608. The van der Waals surface area contributed by atoms with E-state index in [9.17, 15) is 4.79 Å². The first-order valence-electron chi connectivity index (χ1n) is 6.67. The Kier molecular flexibility index (Phi) is 5.24. The van der Waals surface area contributed by atoms with Gasteiger partial charge >= 0.3 is 0 Å². The van der Waals surface area contributed by atoms with Crippen LogP contribution in [0.15, 0.2) is 28.8 Å². The smallest absolute Gasteiger partial charge is 0.254 e. The number of methoxy groups -OCH3 is 3. The maximum absolute atomic E-state index is 12.0. The predicted molar refractivity (Wildman–Crippen MR) is 79.6 cm³/mol. The maximum atomic E-state index is 12.0. The molecule has 0 radical (unpaired) electrons. The van der Waals surface area contributed by atoms with Crippen molar-refractivity contribution in [2.24, 2.45) is 0 Å². The molecule has 0 atom stereocenters. The molecule has 0 aliphatic carbocycles. The van der Waals surface area contributed by atoms with Gasteiger partial charge in [-0.15, -0.1) is 0 Å². The molecule has 1 aromatic heterocycles. The second-order valence-electron chi connectivity index (χ2n) is 4.49. The van der Waals surface area contributed by atoms with Gasteiger partial charge in [-0.2, -0.15) is 0 Å². The van der Waals surface area contributed by atoms with Crippen molar-refractivity contribution in [2.75, 3.05) is 26.6 Å². The van der Waals surface area contributed by atoms with Crippen LogP contribution in [0.4, 0.5) is 5.69 Å². The third-order valence-electron chi connectivity index (χ3n) is 2.98. The Morgan fingerprint density at radius 2 is 1.77 bits per heavy atom. The molecular weight excluding hydrogens is 288 g/mol. The second kappa shape index (κ2) is 7.35. The number of ether oxygens (including phenoxy) is 3. The zero-order valence-electron chi connectivity index (χ0n) is 12.7. The molecule has 0 aliphatic heterocycles. The van der Waals surface area contributed by atoms with Gasteiger partial charge in [0.25, 0.3) is 5.88 Å². The second-order valence-corrected chi connectivity index (χ2v) is 4.49. The van der Waals surface area contributed by atoms with Crippen LogP contribution in [-0.4, -0.2) is 32.4 Å².